The minimum Gasteiger partial charge on any atom is -0.469 e. The summed E-state index contributed by atoms with van der Waals surface area (Å²) < 4.78 is 4.94. The number of esters is 1. The second-order valence-electron chi connectivity index (χ2n) is 4.90. The highest BCUT2D eigenvalue weighted by atomic mass is 16.5. The van der Waals surface area contributed by atoms with E-state index in [-0.39, 0.29) is 23.6 Å². The highest BCUT2D eigenvalue weighted by molar-refractivity contribution is 5.91. The summed E-state index contributed by atoms with van der Waals surface area (Å²) in [5.74, 6) is 0.0940. The molecule has 0 aromatic heterocycles. The molecule has 88 valence electrons. The van der Waals surface area contributed by atoms with E-state index in [0.29, 0.717) is 19.3 Å². The molecular weight excluding hydrogens is 204 g/mol. The zero-order chi connectivity index (χ0) is 11.8. The van der Waals surface area contributed by atoms with Gasteiger partial charge in [0.1, 0.15) is 5.78 Å². The van der Waals surface area contributed by atoms with Gasteiger partial charge in [-0.1, -0.05) is 19.1 Å². The van der Waals surface area contributed by atoms with Gasteiger partial charge in [-0.2, -0.15) is 0 Å². The molecule has 0 unspecified atom stereocenters. The number of carbonyl (C=O) groups excluding carboxylic acids is 2. The first-order chi connectivity index (χ1) is 7.63. The maximum absolute atomic E-state index is 12.1. The molecule has 2 aliphatic rings. The van der Waals surface area contributed by atoms with E-state index in [1.54, 1.807) is 0 Å². The van der Waals surface area contributed by atoms with Crippen LogP contribution >= 0.6 is 0 Å². The van der Waals surface area contributed by atoms with Gasteiger partial charge in [0, 0.05) is 12.3 Å². The van der Waals surface area contributed by atoms with Crippen molar-refractivity contribution in [1.82, 2.24) is 0 Å². The molecule has 1 fully saturated rings. The lowest BCUT2D eigenvalue weighted by Crippen LogP contribution is -2.51. The molecule has 3 atom stereocenters. The first-order valence-electron chi connectivity index (χ1n) is 5.89. The number of hydrogen-bond acceptors (Lipinski definition) is 3. The van der Waals surface area contributed by atoms with Crippen LogP contribution in [0.2, 0.25) is 0 Å². The average Bonchev–Trinajstić information content (AvgIpc) is 2.33. The van der Waals surface area contributed by atoms with E-state index in [1.165, 1.54) is 7.11 Å². The Kier molecular flexibility index (Phi) is 2.87. The number of hydrogen-bond donors (Lipinski definition) is 0. The summed E-state index contributed by atoms with van der Waals surface area (Å²) in [6.07, 6.45) is 6.79. The van der Waals surface area contributed by atoms with Gasteiger partial charge >= 0.3 is 5.97 Å². The second kappa shape index (κ2) is 4.04. The van der Waals surface area contributed by atoms with E-state index in [0.717, 1.165) is 6.42 Å². The van der Waals surface area contributed by atoms with Crippen LogP contribution in [0.1, 0.15) is 32.6 Å². The summed E-state index contributed by atoms with van der Waals surface area (Å²) >= 11 is 0. The van der Waals surface area contributed by atoms with Crippen molar-refractivity contribution in [2.75, 3.05) is 7.11 Å². The minimum absolute atomic E-state index is 0.159. The average molecular weight is 222 g/mol. The Balaban J connectivity index is 2.43. The molecule has 0 aliphatic heterocycles. The van der Waals surface area contributed by atoms with Crippen molar-refractivity contribution < 1.29 is 14.3 Å². The fourth-order valence-corrected chi connectivity index (χ4v) is 3.23. The normalized spacial score (nSPS) is 38.0. The number of allylic oxidation sites excluding steroid dienone is 2. The Morgan fingerprint density at radius 1 is 1.50 bits per heavy atom. The lowest BCUT2D eigenvalue weighted by Gasteiger charge is -2.46. The standard InChI is InChI=1S/C13H18O3/c1-9-6-7-11(14)10-5-3-4-8-13(9,10)12(15)16-2/h3-4,9-10H,5-8H2,1-2H3/t9-,10-,13-/m0/s1. The number of Topliss-reactive ketones (excluding diaryl/α,β-unsaturated/α-hetero) is 1. The van der Waals surface area contributed by atoms with E-state index in [1.807, 2.05) is 12.2 Å². The van der Waals surface area contributed by atoms with Crippen LogP contribution in [-0.2, 0) is 14.3 Å². The van der Waals surface area contributed by atoms with Gasteiger partial charge in [0.15, 0.2) is 0 Å². The van der Waals surface area contributed by atoms with Crippen LogP contribution in [0.15, 0.2) is 12.2 Å². The quantitative estimate of drug-likeness (QED) is 0.504. The SMILES string of the molecule is COC(=O)[C@]12CC=CC[C@H]1C(=O)CC[C@@H]2C. The van der Waals surface area contributed by atoms with Crippen molar-refractivity contribution in [2.45, 2.75) is 32.6 Å². The van der Waals surface area contributed by atoms with Crippen molar-refractivity contribution in [3.05, 3.63) is 12.2 Å². The van der Waals surface area contributed by atoms with E-state index in [4.69, 9.17) is 4.74 Å². The van der Waals surface area contributed by atoms with Crippen molar-refractivity contribution in [1.29, 1.82) is 0 Å². The van der Waals surface area contributed by atoms with Crippen LogP contribution in [0.3, 0.4) is 0 Å². The van der Waals surface area contributed by atoms with Crippen LogP contribution in [-0.4, -0.2) is 18.9 Å². The zero-order valence-corrected chi connectivity index (χ0v) is 9.86. The number of ether oxygens (including phenoxy) is 1. The van der Waals surface area contributed by atoms with Crippen LogP contribution in [0, 0.1) is 17.3 Å². The first-order valence-corrected chi connectivity index (χ1v) is 5.89. The third-order valence-electron chi connectivity index (χ3n) is 4.27. The Labute approximate surface area is 95.9 Å². The largest absolute Gasteiger partial charge is 0.469 e. The van der Waals surface area contributed by atoms with Gasteiger partial charge in [-0.05, 0) is 25.2 Å². The molecule has 0 amide bonds. The topological polar surface area (TPSA) is 43.4 Å². The molecule has 0 spiro atoms. The highest BCUT2D eigenvalue weighted by Crippen LogP contribution is 2.50. The van der Waals surface area contributed by atoms with Gasteiger partial charge < -0.3 is 4.74 Å². The van der Waals surface area contributed by atoms with Crippen LogP contribution in [0.25, 0.3) is 0 Å². The van der Waals surface area contributed by atoms with E-state index in [9.17, 15) is 9.59 Å². The molecule has 2 aliphatic carbocycles. The number of rotatable bonds is 1. The Morgan fingerprint density at radius 3 is 2.94 bits per heavy atom. The zero-order valence-electron chi connectivity index (χ0n) is 9.86. The van der Waals surface area contributed by atoms with Crippen molar-refractivity contribution >= 4 is 11.8 Å². The van der Waals surface area contributed by atoms with E-state index >= 15 is 0 Å². The molecule has 0 radical (unpaired) electrons. The fraction of sp³-hybridized carbons (Fsp3) is 0.692. The molecule has 0 bridgehead atoms. The summed E-state index contributed by atoms with van der Waals surface area (Å²) in [7, 11) is 1.41. The van der Waals surface area contributed by atoms with Gasteiger partial charge in [-0.15, -0.1) is 0 Å². The summed E-state index contributed by atoms with van der Waals surface area (Å²) in [6.45, 7) is 2.06. The molecule has 16 heavy (non-hydrogen) atoms. The van der Waals surface area contributed by atoms with Gasteiger partial charge in [-0.3, -0.25) is 9.59 Å². The monoisotopic (exact) mass is 222 g/mol. The van der Waals surface area contributed by atoms with E-state index in [2.05, 4.69) is 6.92 Å². The van der Waals surface area contributed by atoms with Crippen molar-refractivity contribution in [3.8, 4) is 0 Å². The smallest absolute Gasteiger partial charge is 0.313 e. The third-order valence-corrected chi connectivity index (χ3v) is 4.27. The van der Waals surface area contributed by atoms with Gasteiger partial charge in [0.25, 0.3) is 0 Å². The molecule has 2 rings (SSSR count). The summed E-state index contributed by atoms with van der Waals surface area (Å²) in [4.78, 5) is 24.0. The van der Waals surface area contributed by atoms with E-state index < -0.39 is 5.41 Å². The Morgan fingerprint density at radius 2 is 2.25 bits per heavy atom. The van der Waals surface area contributed by atoms with Crippen LogP contribution < -0.4 is 0 Å². The highest BCUT2D eigenvalue weighted by Gasteiger charge is 2.55. The number of carbonyl (C=O) groups is 2. The minimum atomic E-state index is -0.584. The molecule has 3 heteroatoms. The van der Waals surface area contributed by atoms with Gasteiger partial charge in [0.05, 0.1) is 12.5 Å². The Hall–Kier alpha value is -1.12. The summed E-state index contributed by atoms with van der Waals surface area (Å²) in [6, 6.07) is 0. The Bertz CT molecular complexity index is 345. The van der Waals surface area contributed by atoms with Crippen LogP contribution in [0.4, 0.5) is 0 Å². The summed E-state index contributed by atoms with van der Waals surface area (Å²) in [5.41, 5.74) is -0.584. The molecule has 3 nitrogen and oxygen atoms in total. The lowest BCUT2D eigenvalue weighted by atomic mass is 9.56. The van der Waals surface area contributed by atoms with Crippen LogP contribution in [0.5, 0.6) is 0 Å². The second-order valence-corrected chi connectivity index (χ2v) is 4.90. The first kappa shape index (κ1) is 11.4. The predicted molar refractivity (Wildman–Crippen MR) is 59.7 cm³/mol. The number of ketones is 1. The third kappa shape index (κ3) is 1.41. The number of fused-ring (bicyclic) bond motifs is 1. The lowest BCUT2D eigenvalue weighted by molar-refractivity contribution is -0.168. The maximum Gasteiger partial charge on any atom is 0.313 e. The van der Waals surface area contributed by atoms with Gasteiger partial charge in [0.2, 0.25) is 0 Å². The van der Waals surface area contributed by atoms with Crippen molar-refractivity contribution in [2.24, 2.45) is 17.3 Å². The summed E-state index contributed by atoms with van der Waals surface area (Å²) in [5, 5.41) is 0. The molecule has 0 N–H and O–H groups in total. The molecule has 0 heterocycles. The predicted octanol–water partition coefficient (Wildman–Crippen LogP) is 2.11. The molecule has 0 aromatic rings. The molecular formula is C13H18O3. The molecule has 0 saturated heterocycles. The molecule has 0 aromatic carbocycles. The van der Waals surface area contributed by atoms with Gasteiger partial charge in [-0.25, -0.2) is 0 Å². The molecule has 1 saturated carbocycles. The maximum atomic E-state index is 12.1. The van der Waals surface area contributed by atoms with Crippen molar-refractivity contribution in [3.63, 3.8) is 0 Å². The fourth-order valence-electron chi connectivity index (χ4n) is 3.23. The number of methoxy groups -OCH3 is 1.